The molecule has 1 amide bonds. The van der Waals surface area contributed by atoms with Crippen LogP contribution in [0.3, 0.4) is 0 Å². The van der Waals surface area contributed by atoms with Crippen LogP contribution < -0.4 is 16.4 Å². The molecule has 2 fully saturated rings. The molecule has 1 N–H and O–H groups in total. The van der Waals surface area contributed by atoms with Crippen LogP contribution in [-0.4, -0.2) is 101 Å². The molecule has 0 spiro atoms. The Hall–Kier alpha value is -6.95. The Morgan fingerprint density at radius 2 is 1.27 bits per heavy atom. The van der Waals surface area contributed by atoms with E-state index in [1.165, 1.54) is 21.2 Å². The molecule has 2 aliphatic rings. The molecular formula is C45H48N14O4. The average Bonchev–Trinajstić information content (AvgIpc) is 3.89. The summed E-state index contributed by atoms with van der Waals surface area (Å²) < 4.78 is 12.1. The smallest absolute Gasteiger partial charge is 0.410 e. The van der Waals surface area contributed by atoms with Crippen molar-refractivity contribution in [3.8, 4) is 22.8 Å². The van der Waals surface area contributed by atoms with Gasteiger partial charge in [-0.1, -0.05) is 0 Å². The molecule has 0 bridgehead atoms. The van der Waals surface area contributed by atoms with E-state index in [4.69, 9.17) is 35.0 Å². The maximum atomic E-state index is 13.8. The second-order valence-electron chi connectivity index (χ2n) is 17.8. The van der Waals surface area contributed by atoms with Gasteiger partial charge in [0.1, 0.15) is 17.0 Å². The van der Waals surface area contributed by atoms with Gasteiger partial charge >= 0.3 is 6.09 Å². The summed E-state index contributed by atoms with van der Waals surface area (Å²) in [5.41, 5.74) is 7.81. The van der Waals surface area contributed by atoms with Gasteiger partial charge in [-0.3, -0.25) is 19.6 Å². The summed E-state index contributed by atoms with van der Waals surface area (Å²) in [4.78, 5) is 61.8. The van der Waals surface area contributed by atoms with Gasteiger partial charge in [-0.2, -0.15) is 29.4 Å². The molecule has 8 aromatic heterocycles. The highest BCUT2D eigenvalue weighted by Gasteiger charge is 2.36. The molecule has 10 heterocycles. The zero-order valence-electron chi connectivity index (χ0n) is 36.1. The lowest BCUT2D eigenvalue weighted by Crippen LogP contribution is -2.49. The monoisotopic (exact) mass is 848 g/mol. The largest absolute Gasteiger partial charge is 0.444 e. The number of hydrogen-bond donors (Lipinski definition) is 1. The van der Waals surface area contributed by atoms with E-state index >= 15 is 0 Å². The van der Waals surface area contributed by atoms with Crippen LogP contribution in [-0.2, 0) is 11.2 Å². The molecule has 0 aromatic carbocycles. The number of aromatic nitrogens is 12. The van der Waals surface area contributed by atoms with Gasteiger partial charge in [0.15, 0.2) is 11.3 Å². The predicted octanol–water partition coefficient (Wildman–Crippen LogP) is 5.03. The molecular weight excluding hydrogens is 801 g/mol. The fraction of sp³-hybridized carbons (Fsp3) is 0.400. The van der Waals surface area contributed by atoms with Crippen LogP contribution in [0.15, 0.2) is 70.5 Å². The van der Waals surface area contributed by atoms with Gasteiger partial charge in [0, 0.05) is 43.0 Å². The fourth-order valence-electron chi connectivity index (χ4n) is 9.01. The topological polar surface area (TPSA) is 196 Å². The quantitative estimate of drug-likeness (QED) is 0.234. The van der Waals surface area contributed by atoms with Crippen LogP contribution >= 0.6 is 0 Å². The Morgan fingerprint density at radius 3 is 1.89 bits per heavy atom. The summed E-state index contributed by atoms with van der Waals surface area (Å²) in [6.45, 7) is 13.6. The minimum Gasteiger partial charge on any atom is -0.444 e. The SMILES string of the molecule is Cc1cn2nc(-c3cc(=O)n4nc(C5CCN(C(=O)OC(C)(C)C)C(Cc6nc(C)cn7nc(-c8cc(=O)n9nc(C%10CCNCC%10)ccc9n8)cc67)C5)ccc4n3)cc2c(C)n1. The van der Waals surface area contributed by atoms with E-state index in [2.05, 4.69) is 15.4 Å². The third-order valence-corrected chi connectivity index (χ3v) is 12.0. The van der Waals surface area contributed by atoms with Crippen molar-refractivity contribution in [3.63, 3.8) is 0 Å². The first-order chi connectivity index (χ1) is 30.2. The summed E-state index contributed by atoms with van der Waals surface area (Å²) in [6, 6.07) is 13.9. The lowest BCUT2D eigenvalue weighted by Gasteiger charge is -2.40. The fourth-order valence-corrected chi connectivity index (χ4v) is 9.01. The summed E-state index contributed by atoms with van der Waals surface area (Å²) in [7, 11) is 0. The number of aryl methyl sites for hydroxylation is 3. The number of nitrogens with one attached hydrogen (secondary N) is 1. The van der Waals surface area contributed by atoms with Gasteiger partial charge in [0.2, 0.25) is 0 Å². The zero-order chi connectivity index (χ0) is 43.7. The van der Waals surface area contributed by atoms with Crippen LogP contribution in [0.1, 0.15) is 92.5 Å². The number of amides is 1. The third-order valence-electron chi connectivity index (χ3n) is 12.0. The molecule has 0 saturated carbocycles. The van der Waals surface area contributed by atoms with E-state index in [0.717, 1.165) is 71.1 Å². The van der Waals surface area contributed by atoms with Crippen molar-refractivity contribution < 1.29 is 9.53 Å². The van der Waals surface area contributed by atoms with E-state index < -0.39 is 11.7 Å². The summed E-state index contributed by atoms with van der Waals surface area (Å²) in [5, 5.41) is 22.4. The standard InChI is InChI=1S/C45H48N14O4/c1-25-23-56-38(27(3)47-25)19-35(51-56)33-21-43(61)59-41(49-33)10-8-32(54-59)29-13-16-55(44(62)63-45(4,5)6)30(17-29)18-37-39-20-36(52-57(39)24-26(2)48-37)34-22-42(60)58-40(50-34)9-7-31(53-58)28-11-14-46-15-12-28/h7-10,19-24,28-30,46H,11-18H2,1-6H3. The van der Waals surface area contributed by atoms with Crippen LogP contribution in [0.4, 0.5) is 4.79 Å². The average molecular weight is 849 g/mol. The number of hydrogen-bond acceptors (Lipinski definition) is 13. The molecule has 18 nitrogen and oxygen atoms in total. The van der Waals surface area contributed by atoms with Crippen molar-refractivity contribution in [3.05, 3.63) is 116 Å². The first-order valence-corrected chi connectivity index (χ1v) is 21.5. The van der Waals surface area contributed by atoms with Gasteiger partial charge in [-0.25, -0.2) is 23.8 Å². The van der Waals surface area contributed by atoms with Crippen molar-refractivity contribution in [1.29, 1.82) is 0 Å². The third kappa shape index (κ3) is 7.79. The number of fused-ring (bicyclic) bond motifs is 4. The highest BCUT2D eigenvalue weighted by atomic mass is 16.6. The molecule has 63 heavy (non-hydrogen) atoms. The van der Waals surface area contributed by atoms with Gasteiger partial charge in [-0.05, 0) is 117 Å². The molecule has 322 valence electrons. The number of nitrogens with zero attached hydrogens (tertiary/aromatic N) is 13. The Kier molecular flexibility index (Phi) is 9.84. The molecule has 2 atom stereocenters. The Balaban J connectivity index is 0.958. The molecule has 2 unspecified atom stereocenters. The van der Waals surface area contributed by atoms with Crippen molar-refractivity contribution in [1.82, 2.24) is 68.6 Å². The van der Waals surface area contributed by atoms with Crippen LogP contribution in [0.5, 0.6) is 0 Å². The lowest BCUT2D eigenvalue weighted by molar-refractivity contribution is 0.00786. The minimum atomic E-state index is -0.700. The van der Waals surface area contributed by atoms with Gasteiger partial charge < -0.3 is 15.0 Å². The first kappa shape index (κ1) is 40.1. The maximum absolute atomic E-state index is 13.8. The highest BCUT2D eigenvalue weighted by Crippen LogP contribution is 2.34. The molecule has 18 heteroatoms. The number of likely N-dealkylation sites (tertiary alicyclic amines) is 1. The Morgan fingerprint density at radius 1 is 0.698 bits per heavy atom. The van der Waals surface area contributed by atoms with Crippen molar-refractivity contribution in [2.75, 3.05) is 19.6 Å². The van der Waals surface area contributed by atoms with Crippen molar-refractivity contribution in [2.24, 2.45) is 0 Å². The van der Waals surface area contributed by atoms with E-state index in [0.29, 0.717) is 65.8 Å². The van der Waals surface area contributed by atoms with Crippen LogP contribution in [0.2, 0.25) is 0 Å². The van der Waals surface area contributed by atoms with E-state index in [1.54, 1.807) is 13.9 Å². The molecule has 10 rings (SSSR count). The zero-order valence-corrected chi connectivity index (χ0v) is 36.1. The highest BCUT2D eigenvalue weighted by molar-refractivity contribution is 5.70. The normalized spacial score (nSPS) is 17.7. The number of rotatable bonds is 6. The number of ether oxygens (including phenoxy) is 1. The molecule has 8 aromatic rings. The van der Waals surface area contributed by atoms with Crippen LogP contribution in [0, 0.1) is 20.8 Å². The van der Waals surface area contributed by atoms with Crippen LogP contribution in [0.25, 0.3) is 45.1 Å². The van der Waals surface area contributed by atoms with E-state index in [-0.39, 0.29) is 23.1 Å². The van der Waals surface area contributed by atoms with Crippen molar-refractivity contribution >= 4 is 28.4 Å². The second kappa shape index (κ2) is 15.4. The second-order valence-corrected chi connectivity index (χ2v) is 17.8. The molecule has 0 aliphatic carbocycles. The molecule has 0 radical (unpaired) electrons. The Labute approximate surface area is 361 Å². The van der Waals surface area contributed by atoms with E-state index in [9.17, 15) is 14.4 Å². The summed E-state index contributed by atoms with van der Waals surface area (Å²) in [6.07, 6.45) is 6.73. The molecule has 2 aliphatic heterocycles. The lowest BCUT2D eigenvalue weighted by atomic mass is 9.86. The summed E-state index contributed by atoms with van der Waals surface area (Å²) >= 11 is 0. The van der Waals surface area contributed by atoms with Gasteiger partial charge in [0.05, 0.1) is 69.0 Å². The predicted molar refractivity (Wildman–Crippen MR) is 234 cm³/mol. The van der Waals surface area contributed by atoms with Gasteiger partial charge in [-0.15, -0.1) is 0 Å². The number of carbonyl (C=O) groups excluding carboxylic acids is 1. The number of piperidine rings is 2. The minimum absolute atomic E-state index is 0.0956. The number of carbonyl (C=O) groups is 1. The van der Waals surface area contributed by atoms with Gasteiger partial charge in [0.25, 0.3) is 11.1 Å². The Bertz CT molecular complexity index is 3230. The first-order valence-electron chi connectivity index (χ1n) is 21.5. The maximum Gasteiger partial charge on any atom is 0.410 e. The summed E-state index contributed by atoms with van der Waals surface area (Å²) in [5.74, 6) is 0.199. The molecule has 2 saturated heterocycles. The van der Waals surface area contributed by atoms with Crippen molar-refractivity contribution in [2.45, 2.75) is 97.1 Å². The van der Waals surface area contributed by atoms with E-state index in [1.807, 2.05) is 90.3 Å².